The molecule has 0 aliphatic rings. The summed E-state index contributed by atoms with van der Waals surface area (Å²) in [6, 6.07) is 0. The van der Waals surface area contributed by atoms with E-state index in [0.29, 0.717) is 12.8 Å². The van der Waals surface area contributed by atoms with Gasteiger partial charge in [-0.15, -0.1) is 0 Å². The topological polar surface area (TPSA) is 52.6 Å². The minimum absolute atomic E-state index is 0.108. The van der Waals surface area contributed by atoms with Crippen molar-refractivity contribution >= 4 is 11.9 Å². The molecule has 1 unspecified atom stereocenters. The zero-order chi connectivity index (χ0) is 32.9. The van der Waals surface area contributed by atoms with Gasteiger partial charge in [0.2, 0.25) is 0 Å². The van der Waals surface area contributed by atoms with E-state index in [1.54, 1.807) is 6.92 Å². The van der Waals surface area contributed by atoms with Crippen LogP contribution in [-0.4, -0.2) is 24.6 Å². The van der Waals surface area contributed by atoms with Crippen molar-refractivity contribution in [3.63, 3.8) is 0 Å². The average molecular weight is 621 g/mol. The number of carbonyl (C=O) groups excluding carboxylic acids is 2. The molecule has 45 heavy (non-hydrogen) atoms. The Morgan fingerprint density at radius 3 is 1.36 bits per heavy atom. The molecule has 0 aromatic carbocycles. The fraction of sp³-hybridized carbons (Fsp3) is 0.561. The van der Waals surface area contributed by atoms with Crippen LogP contribution < -0.4 is 0 Å². The van der Waals surface area contributed by atoms with Crippen LogP contribution in [0.15, 0.2) is 97.2 Å². The number of hydrogen-bond donors (Lipinski definition) is 0. The Hall–Kier alpha value is -3.14. The van der Waals surface area contributed by atoms with Gasteiger partial charge in [-0.1, -0.05) is 124 Å². The average Bonchev–Trinajstić information content (AvgIpc) is 3.03. The van der Waals surface area contributed by atoms with Crippen molar-refractivity contribution in [2.45, 2.75) is 142 Å². The predicted octanol–water partition coefficient (Wildman–Crippen LogP) is 12.0. The first-order valence-corrected chi connectivity index (χ1v) is 17.6. The third-order valence-corrected chi connectivity index (χ3v) is 6.74. The molecule has 0 amide bonds. The Bertz CT molecular complexity index is 929. The van der Waals surface area contributed by atoms with Crippen LogP contribution in [0.5, 0.6) is 0 Å². The lowest BCUT2D eigenvalue weighted by Crippen LogP contribution is -2.22. The van der Waals surface area contributed by atoms with Gasteiger partial charge in [0.15, 0.2) is 0 Å². The lowest BCUT2D eigenvalue weighted by Gasteiger charge is -2.13. The number of carbonyl (C=O) groups is 2. The van der Waals surface area contributed by atoms with Crippen LogP contribution in [0.3, 0.4) is 0 Å². The Morgan fingerprint density at radius 2 is 0.889 bits per heavy atom. The number of allylic oxidation sites excluding steroid dienone is 16. The number of ether oxygens (including phenoxy) is 2. The molecule has 4 heteroatoms. The predicted molar refractivity (Wildman–Crippen MR) is 194 cm³/mol. The van der Waals surface area contributed by atoms with Gasteiger partial charge in [0.05, 0.1) is 0 Å². The first-order chi connectivity index (χ1) is 22.1. The number of hydrogen-bond acceptors (Lipinski definition) is 4. The number of unbranched alkanes of at least 4 members (excludes halogenated alkanes) is 6. The van der Waals surface area contributed by atoms with Gasteiger partial charge >= 0.3 is 11.9 Å². The first kappa shape index (κ1) is 41.9. The maximum absolute atomic E-state index is 12.1. The van der Waals surface area contributed by atoms with Gasteiger partial charge < -0.3 is 9.47 Å². The van der Waals surface area contributed by atoms with Crippen LogP contribution in [-0.2, 0) is 19.1 Å². The minimum atomic E-state index is -0.426. The van der Waals surface area contributed by atoms with Gasteiger partial charge in [0.25, 0.3) is 0 Å². The Balaban J connectivity index is 3.68. The summed E-state index contributed by atoms with van der Waals surface area (Å²) in [4.78, 5) is 24.1. The second-order valence-corrected chi connectivity index (χ2v) is 11.2. The van der Waals surface area contributed by atoms with Gasteiger partial charge in [0.1, 0.15) is 12.7 Å². The zero-order valence-electron chi connectivity index (χ0n) is 28.9. The molecule has 0 saturated carbocycles. The Labute approximate surface area is 276 Å². The summed E-state index contributed by atoms with van der Waals surface area (Å²) in [7, 11) is 0. The summed E-state index contributed by atoms with van der Waals surface area (Å²) in [5.41, 5.74) is 0. The van der Waals surface area contributed by atoms with Crippen molar-refractivity contribution < 1.29 is 19.1 Å². The van der Waals surface area contributed by atoms with E-state index in [2.05, 4.69) is 111 Å². The standard InChI is InChI=1S/C41H64O4/c1-4-6-8-10-12-14-16-18-20-21-23-24-26-28-30-32-34-36-40(42)44-38-39(3)45-41(43)37-35-33-31-29-27-25-22-19-17-15-13-11-9-7-5-2/h6,8,12-15,18-20,22-24,27-30,39H,4-5,7,9-11,16-17,21,25-26,31-38H2,1-3H3/b8-6-,14-12-,15-13-,20-18-,22-19-,24-23-,29-27-,30-28-. The van der Waals surface area contributed by atoms with Gasteiger partial charge in [-0.3, -0.25) is 9.59 Å². The van der Waals surface area contributed by atoms with E-state index in [-0.39, 0.29) is 18.5 Å². The number of esters is 2. The molecule has 0 bridgehead atoms. The molecule has 0 rings (SSSR count). The van der Waals surface area contributed by atoms with Crippen LogP contribution in [0.1, 0.15) is 136 Å². The van der Waals surface area contributed by atoms with E-state index in [9.17, 15) is 9.59 Å². The molecule has 252 valence electrons. The molecule has 0 aliphatic heterocycles. The van der Waals surface area contributed by atoms with E-state index in [1.165, 1.54) is 25.7 Å². The van der Waals surface area contributed by atoms with Gasteiger partial charge in [-0.05, 0) is 96.8 Å². The van der Waals surface area contributed by atoms with Gasteiger partial charge in [0, 0.05) is 12.8 Å². The highest BCUT2D eigenvalue weighted by atomic mass is 16.6. The van der Waals surface area contributed by atoms with E-state index in [0.717, 1.165) is 77.0 Å². The summed E-state index contributed by atoms with van der Waals surface area (Å²) in [6.07, 6.45) is 51.7. The first-order valence-electron chi connectivity index (χ1n) is 17.6. The van der Waals surface area contributed by atoms with E-state index in [1.807, 2.05) is 0 Å². The van der Waals surface area contributed by atoms with E-state index < -0.39 is 6.10 Å². The molecular weight excluding hydrogens is 556 g/mol. The maximum atomic E-state index is 12.1. The molecular formula is C41H64O4. The summed E-state index contributed by atoms with van der Waals surface area (Å²) in [5, 5.41) is 0. The minimum Gasteiger partial charge on any atom is -0.462 e. The third-order valence-electron chi connectivity index (χ3n) is 6.74. The van der Waals surface area contributed by atoms with Crippen LogP contribution in [0.2, 0.25) is 0 Å². The second kappa shape index (κ2) is 35.3. The zero-order valence-corrected chi connectivity index (χ0v) is 28.9. The maximum Gasteiger partial charge on any atom is 0.306 e. The molecule has 0 N–H and O–H groups in total. The molecule has 0 fully saturated rings. The molecule has 0 spiro atoms. The van der Waals surface area contributed by atoms with Crippen LogP contribution in [0.25, 0.3) is 0 Å². The van der Waals surface area contributed by atoms with Crippen molar-refractivity contribution in [1.82, 2.24) is 0 Å². The summed E-state index contributed by atoms with van der Waals surface area (Å²) >= 11 is 0. The SMILES string of the molecule is CC/C=C\C/C=C\C/C=C\C/C=C\C/C=C\CCCC(=O)OCC(C)OC(=O)CCCC/C=C\C/C=C\C/C=C\CCCCC. The van der Waals surface area contributed by atoms with E-state index >= 15 is 0 Å². The normalized spacial score (nSPS) is 13.4. The van der Waals surface area contributed by atoms with Crippen molar-refractivity contribution in [1.29, 1.82) is 0 Å². The molecule has 0 heterocycles. The summed E-state index contributed by atoms with van der Waals surface area (Å²) in [6.45, 7) is 6.25. The fourth-order valence-corrected chi connectivity index (χ4v) is 4.15. The molecule has 0 aromatic rings. The highest BCUT2D eigenvalue weighted by Crippen LogP contribution is 2.07. The monoisotopic (exact) mass is 620 g/mol. The molecule has 1 atom stereocenters. The largest absolute Gasteiger partial charge is 0.462 e. The molecule has 0 saturated heterocycles. The summed E-state index contributed by atoms with van der Waals surface area (Å²) < 4.78 is 10.7. The van der Waals surface area contributed by atoms with E-state index in [4.69, 9.17) is 9.47 Å². The van der Waals surface area contributed by atoms with Crippen molar-refractivity contribution in [2.75, 3.05) is 6.61 Å². The molecule has 4 nitrogen and oxygen atoms in total. The third kappa shape index (κ3) is 35.2. The molecule has 0 radical (unpaired) electrons. The lowest BCUT2D eigenvalue weighted by molar-refractivity contribution is -0.158. The Morgan fingerprint density at radius 1 is 0.489 bits per heavy atom. The fourth-order valence-electron chi connectivity index (χ4n) is 4.15. The Kier molecular flexibility index (Phi) is 32.9. The smallest absolute Gasteiger partial charge is 0.306 e. The van der Waals surface area contributed by atoms with Crippen LogP contribution >= 0.6 is 0 Å². The van der Waals surface area contributed by atoms with Gasteiger partial charge in [-0.2, -0.15) is 0 Å². The molecule has 0 aromatic heterocycles. The van der Waals surface area contributed by atoms with Crippen LogP contribution in [0.4, 0.5) is 0 Å². The molecule has 0 aliphatic carbocycles. The highest BCUT2D eigenvalue weighted by Gasteiger charge is 2.12. The highest BCUT2D eigenvalue weighted by molar-refractivity contribution is 5.70. The summed E-state index contributed by atoms with van der Waals surface area (Å²) in [5.74, 6) is -0.475. The lowest BCUT2D eigenvalue weighted by atomic mass is 10.1. The van der Waals surface area contributed by atoms with Crippen molar-refractivity contribution in [3.05, 3.63) is 97.2 Å². The quantitative estimate of drug-likeness (QED) is 0.0474. The van der Waals surface area contributed by atoms with Crippen molar-refractivity contribution in [2.24, 2.45) is 0 Å². The van der Waals surface area contributed by atoms with Crippen molar-refractivity contribution in [3.8, 4) is 0 Å². The van der Waals surface area contributed by atoms with Crippen LogP contribution in [0, 0.1) is 0 Å². The van der Waals surface area contributed by atoms with Gasteiger partial charge in [-0.25, -0.2) is 0 Å². The second-order valence-electron chi connectivity index (χ2n) is 11.2. The number of rotatable bonds is 29.